The molecule has 0 amide bonds. The molecule has 3 aromatic rings. The van der Waals surface area contributed by atoms with Crippen LogP contribution in [0.1, 0.15) is 59.8 Å². The molecule has 1 fully saturated rings. The minimum absolute atomic E-state index is 0.494. The van der Waals surface area contributed by atoms with Crippen LogP contribution in [0.5, 0.6) is 0 Å². The largest absolute Gasteiger partial charge is 0.0836 e. The van der Waals surface area contributed by atoms with Gasteiger partial charge in [0.05, 0.1) is 0 Å². The van der Waals surface area contributed by atoms with E-state index >= 15 is 0 Å². The molecule has 3 aliphatic rings. The van der Waals surface area contributed by atoms with Gasteiger partial charge in [-0.25, -0.2) is 0 Å². The van der Waals surface area contributed by atoms with Crippen molar-refractivity contribution in [3.8, 4) is 0 Å². The lowest BCUT2D eigenvalue weighted by molar-refractivity contribution is 0.916. The van der Waals surface area contributed by atoms with Crippen molar-refractivity contribution in [2.45, 2.75) is 43.9 Å². The Hall–Kier alpha value is -2.60. The van der Waals surface area contributed by atoms with Crippen LogP contribution < -0.4 is 10.4 Å². The molecule has 0 radical (unpaired) electrons. The topological polar surface area (TPSA) is 0 Å². The summed E-state index contributed by atoms with van der Waals surface area (Å²) < 4.78 is 0. The summed E-state index contributed by atoms with van der Waals surface area (Å²) in [5, 5.41) is 5.66. The summed E-state index contributed by atoms with van der Waals surface area (Å²) in [7, 11) is 0. The van der Waals surface area contributed by atoms with E-state index in [1.54, 1.807) is 5.56 Å². The van der Waals surface area contributed by atoms with E-state index in [1.165, 1.54) is 63.6 Å². The van der Waals surface area contributed by atoms with Crippen molar-refractivity contribution < 1.29 is 0 Å². The number of benzene rings is 3. The van der Waals surface area contributed by atoms with Crippen molar-refractivity contribution >= 4 is 29.0 Å². The lowest BCUT2D eigenvalue weighted by atomic mass is 9.86. The second-order valence-electron chi connectivity index (χ2n) is 8.40. The molecule has 0 aromatic heterocycles. The second kappa shape index (κ2) is 5.96. The Bertz CT molecular complexity index is 1200. The fourth-order valence-corrected chi connectivity index (χ4v) is 4.95. The maximum atomic E-state index is 2.53. The average Bonchev–Trinajstić information content (AvgIpc) is 3.58. The second-order valence-corrected chi connectivity index (χ2v) is 8.40. The number of hydrogen-bond acceptors (Lipinski definition) is 0. The fraction of sp³-hybridized carbons (Fsp3) is 0.259. The first-order valence-corrected chi connectivity index (χ1v) is 10.4. The molecule has 3 aromatic carbocycles. The Morgan fingerprint density at radius 2 is 1.74 bits per heavy atom. The maximum Gasteiger partial charge on any atom is 0.00623 e. The van der Waals surface area contributed by atoms with Gasteiger partial charge in [0, 0.05) is 5.92 Å². The summed E-state index contributed by atoms with van der Waals surface area (Å²) >= 11 is 0. The Labute approximate surface area is 160 Å². The summed E-state index contributed by atoms with van der Waals surface area (Å²) in [5.41, 5.74) is 5.96. The highest BCUT2D eigenvalue weighted by Gasteiger charge is 2.24. The molecule has 0 saturated heterocycles. The van der Waals surface area contributed by atoms with Crippen LogP contribution in [0.25, 0.3) is 29.0 Å². The smallest absolute Gasteiger partial charge is 0.00623 e. The van der Waals surface area contributed by atoms with Gasteiger partial charge in [0.15, 0.2) is 0 Å². The highest BCUT2D eigenvalue weighted by Crippen LogP contribution is 2.41. The molecule has 1 atom stereocenters. The molecule has 3 aliphatic carbocycles. The van der Waals surface area contributed by atoms with Gasteiger partial charge in [0.2, 0.25) is 0 Å². The molecule has 1 unspecified atom stereocenters. The number of fused-ring (bicyclic) bond motifs is 5. The number of rotatable bonds is 2. The highest BCUT2D eigenvalue weighted by atomic mass is 14.3. The molecule has 0 aliphatic heterocycles. The summed E-state index contributed by atoms with van der Waals surface area (Å²) in [6.07, 6.45) is 15.8. The van der Waals surface area contributed by atoms with Gasteiger partial charge in [0.25, 0.3) is 0 Å². The van der Waals surface area contributed by atoms with E-state index in [2.05, 4.69) is 72.8 Å². The summed E-state index contributed by atoms with van der Waals surface area (Å²) in [4.78, 5) is 0. The molecule has 0 nitrogen and oxygen atoms in total. The zero-order valence-corrected chi connectivity index (χ0v) is 15.6. The zero-order chi connectivity index (χ0) is 17.8. The van der Waals surface area contributed by atoms with Crippen molar-refractivity contribution in [1.29, 1.82) is 0 Å². The molecular formula is C27H24. The normalized spacial score (nSPS) is 20.5. The molecule has 0 spiro atoms. The van der Waals surface area contributed by atoms with Gasteiger partial charge in [0.1, 0.15) is 0 Å². The van der Waals surface area contributed by atoms with Crippen LogP contribution in [0, 0.1) is 0 Å². The number of aryl methyl sites for hydroxylation is 1. The molecule has 0 heterocycles. The van der Waals surface area contributed by atoms with Gasteiger partial charge in [-0.1, -0.05) is 72.8 Å². The van der Waals surface area contributed by atoms with Crippen molar-refractivity contribution in [2.75, 3.05) is 0 Å². The Kier molecular flexibility index (Phi) is 3.41. The SMILES string of the molecule is C1=Cc2c(ccc3c4c(ccc23)=CCC(c2cccc(C3CC3)c2)C=4)CC1. The quantitative estimate of drug-likeness (QED) is 0.580. The molecular weight excluding hydrogens is 324 g/mol. The average molecular weight is 348 g/mol. The molecule has 132 valence electrons. The predicted molar refractivity (Wildman–Crippen MR) is 115 cm³/mol. The standard InChI is InChI=1S/C27H24/c1-2-7-24-19(4-1)12-15-26-25(24)14-13-20-10-11-23(17-27(20)26)22-6-3-5-21(16-22)18-8-9-18/h2-3,5-7,10,12-18,23H,1,4,8-9,11H2. The van der Waals surface area contributed by atoms with E-state index in [0.717, 1.165) is 12.3 Å². The van der Waals surface area contributed by atoms with Crippen molar-refractivity contribution in [1.82, 2.24) is 0 Å². The summed E-state index contributed by atoms with van der Waals surface area (Å²) in [5.74, 6) is 1.32. The first kappa shape index (κ1) is 15.5. The fourth-order valence-electron chi connectivity index (χ4n) is 4.95. The zero-order valence-electron chi connectivity index (χ0n) is 15.6. The van der Waals surface area contributed by atoms with E-state index in [4.69, 9.17) is 0 Å². The minimum atomic E-state index is 0.494. The third kappa shape index (κ3) is 2.58. The summed E-state index contributed by atoms with van der Waals surface area (Å²) in [6.45, 7) is 0. The van der Waals surface area contributed by atoms with Crippen LogP contribution in [0.15, 0.2) is 54.6 Å². The van der Waals surface area contributed by atoms with Crippen LogP contribution in [-0.2, 0) is 6.42 Å². The van der Waals surface area contributed by atoms with Crippen molar-refractivity contribution in [3.63, 3.8) is 0 Å². The first-order chi connectivity index (χ1) is 13.4. The molecule has 1 saturated carbocycles. The van der Waals surface area contributed by atoms with Gasteiger partial charge in [-0.15, -0.1) is 0 Å². The van der Waals surface area contributed by atoms with E-state index in [0.29, 0.717) is 5.92 Å². The van der Waals surface area contributed by atoms with Gasteiger partial charge >= 0.3 is 0 Å². The third-order valence-electron chi connectivity index (χ3n) is 6.62. The van der Waals surface area contributed by atoms with Crippen LogP contribution >= 0.6 is 0 Å². The molecule has 0 bridgehead atoms. The lowest BCUT2D eigenvalue weighted by Gasteiger charge is -2.18. The molecule has 27 heavy (non-hydrogen) atoms. The van der Waals surface area contributed by atoms with E-state index in [-0.39, 0.29) is 0 Å². The molecule has 0 N–H and O–H groups in total. The summed E-state index contributed by atoms with van der Waals surface area (Å²) in [6, 6.07) is 18.7. The van der Waals surface area contributed by atoms with Gasteiger partial charge in [-0.2, -0.15) is 0 Å². The number of allylic oxidation sites excluding steroid dienone is 1. The van der Waals surface area contributed by atoms with Gasteiger partial charge < -0.3 is 0 Å². The van der Waals surface area contributed by atoms with Crippen LogP contribution in [0.4, 0.5) is 0 Å². The first-order valence-electron chi connectivity index (χ1n) is 10.4. The van der Waals surface area contributed by atoms with E-state index < -0.39 is 0 Å². The van der Waals surface area contributed by atoms with Gasteiger partial charge in [-0.05, 0) is 81.5 Å². The van der Waals surface area contributed by atoms with Crippen molar-refractivity contribution in [3.05, 3.63) is 87.3 Å². The van der Waals surface area contributed by atoms with Crippen molar-refractivity contribution in [2.24, 2.45) is 0 Å². The van der Waals surface area contributed by atoms with E-state index in [9.17, 15) is 0 Å². The molecule has 6 rings (SSSR count). The predicted octanol–water partition coefficient (Wildman–Crippen LogP) is 5.43. The Balaban J connectivity index is 1.53. The molecule has 0 heteroatoms. The van der Waals surface area contributed by atoms with Crippen LogP contribution in [0.2, 0.25) is 0 Å². The Morgan fingerprint density at radius 1 is 0.852 bits per heavy atom. The highest BCUT2D eigenvalue weighted by molar-refractivity contribution is 5.93. The Morgan fingerprint density at radius 3 is 2.67 bits per heavy atom. The minimum Gasteiger partial charge on any atom is -0.0836 e. The van der Waals surface area contributed by atoms with Crippen LogP contribution in [0.3, 0.4) is 0 Å². The third-order valence-corrected chi connectivity index (χ3v) is 6.62. The van der Waals surface area contributed by atoms with E-state index in [1.807, 2.05) is 0 Å². The lowest BCUT2D eigenvalue weighted by Crippen LogP contribution is -2.29. The van der Waals surface area contributed by atoms with Crippen LogP contribution in [-0.4, -0.2) is 0 Å². The maximum absolute atomic E-state index is 2.53. The van der Waals surface area contributed by atoms with Gasteiger partial charge in [-0.3, -0.25) is 0 Å². The monoisotopic (exact) mass is 348 g/mol. The number of hydrogen-bond donors (Lipinski definition) is 0.